The van der Waals surface area contributed by atoms with Crippen molar-refractivity contribution >= 4 is 16.9 Å². The summed E-state index contributed by atoms with van der Waals surface area (Å²) >= 11 is 0. The van der Waals surface area contributed by atoms with Crippen LogP contribution in [-0.4, -0.2) is 39.4 Å². The van der Waals surface area contributed by atoms with Crippen molar-refractivity contribution in [2.75, 3.05) is 18.1 Å². The fourth-order valence-corrected chi connectivity index (χ4v) is 3.77. The Kier molecular flexibility index (Phi) is 4.24. The van der Waals surface area contributed by atoms with Crippen LogP contribution < -0.4 is 4.90 Å². The standard InChI is InChI=1S/C21H23N3O2/c1-13-8-16(9-14(2)21(13)26)15-5-6-18-19(10-15)23-20(11-22-18)24-7-3-4-17(24)12-25/h5-6,8-11,17,25-26H,3-4,7,12H2,1-2H3. The molecule has 1 saturated heterocycles. The van der Waals surface area contributed by atoms with Gasteiger partial charge >= 0.3 is 0 Å². The van der Waals surface area contributed by atoms with Crippen LogP contribution in [0.25, 0.3) is 22.2 Å². The first-order chi connectivity index (χ1) is 12.6. The molecule has 1 aliphatic rings. The highest BCUT2D eigenvalue weighted by molar-refractivity contribution is 5.82. The molecule has 1 atom stereocenters. The molecule has 1 aliphatic heterocycles. The molecule has 26 heavy (non-hydrogen) atoms. The Hall–Kier alpha value is -2.66. The predicted molar refractivity (Wildman–Crippen MR) is 104 cm³/mol. The number of nitrogens with zero attached hydrogens (tertiary/aromatic N) is 3. The van der Waals surface area contributed by atoms with Gasteiger partial charge in [0.25, 0.3) is 0 Å². The topological polar surface area (TPSA) is 69.5 Å². The lowest BCUT2D eigenvalue weighted by Gasteiger charge is -2.23. The van der Waals surface area contributed by atoms with Crippen LogP contribution in [0.3, 0.4) is 0 Å². The summed E-state index contributed by atoms with van der Waals surface area (Å²) < 4.78 is 0. The number of aromatic hydroxyl groups is 1. The maximum absolute atomic E-state index is 10.0. The van der Waals surface area contributed by atoms with Crippen LogP contribution in [0, 0.1) is 13.8 Å². The van der Waals surface area contributed by atoms with Crippen molar-refractivity contribution in [3.8, 4) is 16.9 Å². The Morgan fingerprint density at radius 2 is 1.85 bits per heavy atom. The number of hydrogen-bond donors (Lipinski definition) is 2. The molecule has 2 heterocycles. The zero-order valence-corrected chi connectivity index (χ0v) is 15.1. The fourth-order valence-electron chi connectivity index (χ4n) is 3.77. The van der Waals surface area contributed by atoms with Crippen LogP contribution in [0.15, 0.2) is 36.5 Å². The first-order valence-electron chi connectivity index (χ1n) is 9.01. The van der Waals surface area contributed by atoms with Gasteiger partial charge in [-0.1, -0.05) is 6.07 Å². The highest BCUT2D eigenvalue weighted by Gasteiger charge is 2.25. The lowest BCUT2D eigenvalue weighted by atomic mass is 9.99. The van der Waals surface area contributed by atoms with E-state index in [4.69, 9.17) is 4.98 Å². The van der Waals surface area contributed by atoms with Gasteiger partial charge in [0, 0.05) is 6.54 Å². The summed E-state index contributed by atoms with van der Waals surface area (Å²) in [6.45, 7) is 4.87. The van der Waals surface area contributed by atoms with Crippen LogP contribution in [0.1, 0.15) is 24.0 Å². The van der Waals surface area contributed by atoms with E-state index in [-0.39, 0.29) is 12.6 Å². The van der Waals surface area contributed by atoms with E-state index >= 15 is 0 Å². The van der Waals surface area contributed by atoms with Crippen molar-refractivity contribution in [3.63, 3.8) is 0 Å². The number of phenolic OH excluding ortho intramolecular Hbond substituents is 1. The van der Waals surface area contributed by atoms with E-state index < -0.39 is 0 Å². The molecule has 3 aromatic rings. The SMILES string of the molecule is Cc1cc(-c2ccc3ncc(N4CCCC4CO)nc3c2)cc(C)c1O. The zero-order valence-electron chi connectivity index (χ0n) is 15.1. The molecule has 0 radical (unpaired) electrons. The molecule has 2 aromatic carbocycles. The number of aromatic nitrogens is 2. The number of hydrogen-bond acceptors (Lipinski definition) is 5. The minimum Gasteiger partial charge on any atom is -0.507 e. The third-order valence-electron chi connectivity index (χ3n) is 5.24. The van der Waals surface area contributed by atoms with Gasteiger partial charge in [-0.05, 0) is 73.2 Å². The van der Waals surface area contributed by atoms with Gasteiger partial charge in [-0.3, -0.25) is 4.98 Å². The molecule has 5 nitrogen and oxygen atoms in total. The largest absolute Gasteiger partial charge is 0.507 e. The van der Waals surface area contributed by atoms with Gasteiger partial charge in [0.1, 0.15) is 11.6 Å². The monoisotopic (exact) mass is 349 g/mol. The lowest BCUT2D eigenvalue weighted by Crippen LogP contribution is -2.32. The molecule has 2 N–H and O–H groups in total. The highest BCUT2D eigenvalue weighted by Crippen LogP contribution is 2.31. The van der Waals surface area contributed by atoms with Crippen LogP contribution in [-0.2, 0) is 0 Å². The van der Waals surface area contributed by atoms with E-state index in [1.807, 2.05) is 44.2 Å². The van der Waals surface area contributed by atoms with Gasteiger partial charge in [0.15, 0.2) is 0 Å². The Labute approximate surface area is 153 Å². The quantitative estimate of drug-likeness (QED) is 0.756. The number of anilines is 1. The second-order valence-electron chi connectivity index (χ2n) is 7.06. The highest BCUT2D eigenvalue weighted by atomic mass is 16.3. The van der Waals surface area contributed by atoms with Gasteiger partial charge in [-0.25, -0.2) is 4.98 Å². The summed E-state index contributed by atoms with van der Waals surface area (Å²) in [6, 6.07) is 10.2. The first-order valence-corrected chi connectivity index (χ1v) is 9.01. The molecule has 0 aliphatic carbocycles. The average molecular weight is 349 g/mol. The second kappa shape index (κ2) is 6.57. The van der Waals surface area contributed by atoms with Gasteiger partial charge in [-0.2, -0.15) is 0 Å². The van der Waals surface area contributed by atoms with Crippen LogP contribution >= 0.6 is 0 Å². The van der Waals surface area contributed by atoms with E-state index in [2.05, 4.69) is 9.88 Å². The summed E-state index contributed by atoms with van der Waals surface area (Å²) in [5.74, 6) is 1.17. The van der Waals surface area contributed by atoms with E-state index in [0.717, 1.165) is 58.5 Å². The van der Waals surface area contributed by atoms with Crippen LogP contribution in [0.4, 0.5) is 5.82 Å². The predicted octanol–water partition coefficient (Wildman–Crippen LogP) is 3.58. The molecule has 5 heteroatoms. The van der Waals surface area contributed by atoms with Crippen molar-refractivity contribution in [2.45, 2.75) is 32.7 Å². The fraction of sp³-hybridized carbons (Fsp3) is 0.333. The van der Waals surface area contributed by atoms with E-state index in [9.17, 15) is 10.2 Å². The van der Waals surface area contributed by atoms with Crippen LogP contribution in [0.2, 0.25) is 0 Å². The lowest BCUT2D eigenvalue weighted by molar-refractivity contribution is 0.266. The number of rotatable bonds is 3. The maximum atomic E-state index is 10.0. The van der Waals surface area contributed by atoms with Gasteiger partial charge in [0.2, 0.25) is 0 Å². The molecule has 0 bridgehead atoms. The number of aliphatic hydroxyl groups excluding tert-OH is 1. The molecule has 0 saturated carbocycles. The Morgan fingerprint density at radius 3 is 2.58 bits per heavy atom. The summed E-state index contributed by atoms with van der Waals surface area (Å²) in [4.78, 5) is 11.5. The number of phenols is 1. The number of aliphatic hydroxyl groups is 1. The number of aryl methyl sites for hydroxylation is 2. The molecule has 134 valence electrons. The second-order valence-corrected chi connectivity index (χ2v) is 7.06. The van der Waals surface area contributed by atoms with E-state index in [0.29, 0.717) is 5.75 Å². The summed E-state index contributed by atoms with van der Waals surface area (Å²) in [5, 5.41) is 19.6. The average Bonchev–Trinajstić information content (AvgIpc) is 3.13. The zero-order chi connectivity index (χ0) is 18.3. The van der Waals surface area contributed by atoms with E-state index in [1.165, 1.54) is 0 Å². The van der Waals surface area contributed by atoms with Gasteiger partial charge in [-0.15, -0.1) is 0 Å². The minimum absolute atomic E-state index is 0.132. The van der Waals surface area contributed by atoms with Crippen molar-refractivity contribution in [2.24, 2.45) is 0 Å². The Balaban J connectivity index is 1.77. The minimum atomic E-state index is 0.132. The molecule has 0 amide bonds. The summed E-state index contributed by atoms with van der Waals surface area (Å²) in [6.07, 6.45) is 3.85. The smallest absolute Gasteiger partial charge is 0.148 e. The number of fused-ring (bicyclic) bond motifs is 1. The molecule has 1 fully saturated rings. The third-order valence-corrected chi connectivity index (χ3v) is 5.24. The third kappa shape index (κ3) is 2.88. The molecular formula is C21H23N3O2. The summed E-state index contributed by atoms with van der Waals surface area (Å²) in [5.41, 5.74) is 5.53. The molecular weight excluding hydrogens is 326 g/mol. The molecule has 4 rings (SSSR count). The first kappa shape index (κ1) is 16.8. The molecule has 1 aromatic heterocycles. The van der Waals surface area contributed by atoms with Gasteiger partial charge in [0.05, 0.1) is 29.9 Å². The molecule has 1 unspecified atom stereocenters. The van der Waals surface area contributed by atoms with Gasteiger partial charge < -0.3 is 15.1 Å². The maximum Gasteiger partial charge on any atom is 0.148 e. The van der Waals surface area contributed by atoms with E-state index in [1.54, 1.807) is 6.20 Å². The number of benzene rings is 2. The Bertz CT molecular complexity index is 948. The Morgan fingerprint density at radius 1 is 1.08 bits per heavy atom. The van der Waals surface area contributed by atoms with Crippen LogP contribution in [0.5, 0.6) is 5.75 Å². The van der Waals surface area contributed by atoms with Crippen molar-refractivity contribution in [1.82, 2.24) is 9.97 Å². The normalized spacial score (nSPS) is 17.2. The summed E-state index contributed by atoms with van der Waals surface area (Å²) in [7, 11) is 0. The van der Waals surface area contributed by atoms with Crippen molar-refractivity contribution in [1.29, 1.82) is 0 Å². The van der Waals surface area contributed by atoms with Crippen molar-refractivity contribution < 1.29 is 10.2 Å². The molecule has 0 spiro atoms. The van der Waals surface area contributed by atoms with Crippen molar-refractivity contribution in [3.05, 3.63) is 47.7 Å².